The highest BCUT2D eigenvalue weighted by Crippen LogP contribution is 2.06. The van der Waals surface area contributed by atoms with Gasteiger partial charge in [0, 0.05) is 39.0 Å². The molecule has 2 aromatic heterocycles. The van der Waals surface area contributed by atoms with E-state index in [1.54, 1.807) is 12.4 Å². The van der Waals surface area contributed by atoms with Gasteiger partial charge in [0.05, 0.1) is 12.4 Å². The molecule has 102 valence electrons. The predicted molar refractivity (Wildman–Crippen MR) is 76.2 cm³/mol. The maximum atomic E-state index is 4.44. The normalized spacial score (nSPS) is 10.4. The summed E-state index contributed by atoms with van der Waals surface area (Å²) in [5, 5.41) is 6.48. The molecular weight excluding hydrogens is 240 g/mol. The summed E-state index contributed by atoms with van der Waals surface area (Å²) in [6.45, 7) is 3.82. The lowest BCUT2D eigenvalue weighted by atomic mass is 10.4. The zero-order chi connectivity index (χ0) is 13.5. The summed E-state index contributed by atoms with van der Waals surface area (Å²) >= 11 is 0. The second-order valence-corrected chi connectivity index (χ2v) is 4.35. The number of anilines is 2. The highest BCUT2D eigenvalue weighted by atomic mass is 15.1. The fourth-order valence-corrected chi connectivity index (χ4v) is 1.73. The van der Waals surface area contributed by atoms with E-state index in [1.165, 1.54) is 0 Å². The minimum atomic E-state index is 0.787. The van der Waals surface area contributed by atoms with Crippen molar-refractivity contribution in [2.45, 2.75) is 19.8 Å². The highest BCUT2D eigenvalue weighted by Gasteiger charge is 2.00. The van der Waals surface area contributed by atoms with Crippen LogP contribution in [0.1, 0.15) is 19.2 Å². The topological polar surface area (TPSA) is 67.7 Å². The van der Waals surface area contributed by atoms with E-state index in [0.717, 1.165) is 43.4 Å². The molecule has 0 saturated heterocycles. The van der Waals surface area contributed by atoms with Crippen LogP contribution in [-0.2, 0) is 13.5 Å². The van der Waals surface area contributed by atoms with Gasteiger partial charge in [-0.05, 0) is 6.42 Å². The van der Waals surface area contributed by atoms with Crippen molar-refractivity contribution in [3.8, 4) is 0 Å². The summed E-state index contributed by atoms with van der Waals surface area (Å²) in [6, 6.07) is 0. The van der Waals surface area contributed by atoms with Gasteiger partial charge in [-0.2, -0.15) is 0 Å². The molecule has 0 amide bonds. The predicted octanol–water partition coefficient (Wildman–Crippen LogP) is 1.69. The Kier molecular flexibility index (Phi) is 4.72. The quantitative estimate of drug-likeness (QED) is 0.793. The zero-order valence-corrected chi connectivity index (χ0v) is 11.4. The number of imidazole rings is 1. The molecule has 0 spiro atoms. The first kappa shape index (κ1) is 13.3. The number of hydrogen-bond acceptors (Lipinski definition) is 5. The molecule has 2 N–H and O–H groups in total. The van der Waals surface area contributed by atoms with Gasteiger partial charge in [0.15, 0.2) is 0 Å². The zero-order valence-electron chi connectivity index (χ0n) is 11.4. The minimum Gasteiger partial charge on any atom is -0.369 e. The molecule has 0 aliphatic carbocycles. The van der Waals surface area contributed by atoms with E-state index in [1.807, 2.05) is 24.0 Å². The Labute approximate surface area is 113 Å². The van der Waals surface area contributed by atoms with E-state index in [2.05, 4.69) is 32.5 Å². The largest absolute Gasteiger partial charge is 0.369 e. The van der Waals surface area contributed by atoms with Crippen molar-refractivity contribution in [2.24, 2.45) is 7.05 Å². The summed E-state index contributed by atoms with van der Waals surface area (Å²) in [5.41, 5.74) is 0. The lowest BCUT2D eigenvalue weighted by Gasteiger charge is -2.08. The van der Waals surface area contributed by atoms with Crippen molar-refractivity contribution in [1.29, 1.82) is 0 Å². The molecule has 19 heavy (non-hydrogen) atoms. The molecular formula is C13H20N6. The van der Waals surface area contributed by atoms with Gasteiger partial charge in [-0.3, -0.25) is 4.98 Å². The molecule has 0 aliphatic rings. The second kappa shape index (κ2) is 6.72. The maximum absolute atomic E-state index is 4.44. The van der Waals surface area contributed by atoms with Gasteiger partial charge >= 0.3 is 0 Å². The third-order valence-electron chi connectivity index (χ3n) is 2.77. The smallest absolute Gasteiger partial charge is 0.146 e. The molecule has 0 aromatic carbocycles. The fourth-order valence-electron chi connectivity index (χ4n) is 1.73. The van der Waals surface area contributed by atoms with Crippen LogP contribution in [0.2, 0.25) is 0 Å². The summed E-state index contributed by atoms with van der Waals surface area (Å²) < 4.78 is 2.02. The number of nitrogens with zero attached hydrogens (tertiary/aromatic N) is 4. The summed E-state index contributed by atoms with van der Waals surface area (Å²) in [7, 11) is 2.00. The van der Waals surface area contributed by atoms with Gasteiger partial charge in [-0.15, -0.1) is 0 Å². The molecule has 0 saturated carbocycles. The first-order valence-corrected chi connectivity index (χ1v) is 6.55. The Bertz CT molecular complexity index is 507. The lowest BCUT2D eigenvalue weighted by molar-refractivity contribution is 0.788. The van der Waals surface area contributed by atoms with Crippen LogP contribution in [-0.4, -0.2) is 32.6 Å². The SMILES string of the molecule is CCCNc1cncc(NCCc2nccn2C)n1. The molecule has 0 unspecified atom stereocenters. The summed E-state index contributed by atoms with van der Waals surface area (Å²) in [5.74, 6) is 2.65. The van der Waals surface area contributed by atoms with Gasteiger partial charge in [0.25, 0.3) is 0 Å². The maximum Gasteiger partial charge on any atom is 0.146 e. The van der Waals surface area contributed by atoms with Crippen molar-refractivity contribution in [3.63, 3.8) is 0 Å². The van der Waals surface area contributed by atoms with Crippen molar-refractivity contribution in [2.75, 3.05) is 23.7 Å². The number of rotatable bonds is 7. The molecule has 0 fully saturated rings. The molecule has 2 heterocycles. The Balaban J connectivity index is 1.84. The Morgan fingerprint density at radius 3 is 2.53 bits per heavy atom. The molecule has 0 radical (unpaired) electrons. The van der Waals surface area contributed by atoms with Crippen molar-refractivity contribution < 1.29 is 0 Å². The van der Waals surface area contributed by atoms with E-state index in [0.29, 0.717) is 0 Å². The Morgan fingerprint density at radius 2 is 1.89 bits per heavy atom. The second-order valence-electron chi connectivity index (χ2n) is 4.35. The van der Waals surface area contributed by atoms with E-state index in [9.17, 15) is 0 Å². The highest BCUT2D eigenvalue weighted by molar-refractivity contribution is 5.41. The molecule has 6 nitrogen and oxygen atoms in total. The first-order chi connectivity index (χ1) is 9.29. The van der Waals surface area contributed by atoms with Crippen molar-refractivity contribution >= 4 is 11.6 Å². The number of hydrogen-bond donors (Lipinski definition) is 2. The third kappa shape index (κ3) is 3.94. The molecule has 0 aliphatic heterocycles. The average molecular weight is 260 g/mol. The minimum absolute atomic E-state index is 0.787. The lowest BCUT2D eigenvalue weighted by Crippen LogP contribution is -2.11. The van der Waals surface area contributed by atoms with E-state index < -0.39 is 0 Å². The van der Waals surface area contributed by atoms with Crippen LogP contribution < -0.4 is 10.6 Å². The van der Waals surface area contributed by atoms with Gasteiger partial charge in [0.1, 0.15) is 17.5 Å². The van der Waals surface area contributed by atoms with Gasteiger partial charge in [-0.1, -0.05) is 6.92 Å². The standard InChI is InChI=1S/C13H20N6/c1-3-5-15-11-9-14-10-12(18-11)16-6-4-13-17-7-8-19(13)2/h7-10H,3-6H2,1-2H3,(H2,15,16,18). The van der Waals surface area contributed by atoms with E-state index >= 15 is 0 Å². The van der Waals surface area contributed by atoms with Crippen molar-refractivity contribution in [3.05, 3.63) is 30.6 Å². The molecule has 6 heteroatoms. The van der Waals surface area contributed by atoms with E-state index in [-0.39, 0.29) is 0 Å². The van der Waals surface area contributed by atoms with E-state index in [4.69, 9.17) is 0 Å². The van der Waals surface area contributed by atoms with Crippen LogP contribution in [0.4, 0.5) is 11.6 Å². The van der Waals surface area contributed by atoms with Crippen LogP contribution in [0, 0.1) is 0 Å². The first-order valence-electron chi connectivity index (χ1n) is 6.55. The average Bonchev–Trinajstić information content (AvgIpc) is 2.83. The number of nitrogens with one attached hydrogen (secondary N) is 2. The summed E-state index contributed by atoms with van der Waals surface area (Å²) in [4.78, 5) is 12.9. The van der Waals surface area contributed by atoms with Gasteiger partial charge in [-0.25, -0.2) is 9.97 Å². The monoisotopic (exact) mass is 260 g/mol. The Hall–Kier alpha value is -2.11. The third-order valence-corrected chi connectivity index (χ3v) is 2.77. The fraction of sp³-hybridized carbons (Fsp3) is 0.462. The molecule has 0 atom stereocenters. The van der Waals surface area contributed by atoms with Crippen LogP contribution >= 0.6 is 0 Å². The van der Waals surface area contributed by atoms with Gasteiger partial charge < -0.3 is 15.2 Å². The van der Waals surface area contributed by atoms with Crippen LogP contribution in [0.15, 0.2) is 24.8 Å². The molecule has 0 bridgehead atoms. The van der Waals surface area contributed by atoms with Crippen LogP contribution in [0.25, 0.3) is 0 Å². The number of aryl methyl sites for hydroxylation is 1. The number of aromatic nitrogens is 4. The molecule has 2 rings (SSSR count). The van der Waals surface area contributed by atoms with Crippen LogP contribution in [0.3, 0.4) is 0 Å². The van der Waals surface area contributed by atoms with Crippen molar-refractivity contribution in [1.82, 2.24) is 19.5 Å². The molecule has 2 aromatic rings. The summed E-state index contributed by atoms with van der Waals surface area (Å²) in [6.07, 6.45) is 9.15. The van der Waals surface area contributed by atoms with Gasteiger partial charge in [0.2, 0.25) is 0 Å². The van der Waals surface area contributed by atoms with Crippen LogP contribution in [0.5, 0.6) is 0 Å². The Morgan fingerprint density at radius 1 is 1.16 bits per heavy atom.